The monoisotopic (exact) mass is 338 g/mol. The highest BCUT2D eigenvalue weighted by molar-refractivity contribution is 6.45. The third kappa shape index (κ3) is 4.13. The van der Waals surface area contributed by atoms with Crippen molar-refractivity contribution in [3.8, 4) is 5.75 Å². The molecule has 0 saturated carbocycles. The first-order valence-electron chi connectivity index (χ1n) is 6.21. The van der Waals surface area contributed by atoms with Gasteiger partial charge in [0.2, 0.25) is 0 Å². The molecule has 22 heavy (non-hydrogen) atoms. The van der Waals surface area contributed by atoms with E-state index in [-0.39, 0.29) is 5.02 Å². The third-order valence-electron chi connectivity index (χ3n) is 2.73. The van der Waals surface area contributed by atoms with Crippen molar-refractivity contribution in [1.29, 1.82) is 0 Å². The lowest BCUT2D eigenvalue weighted by molar-refractivity contribution is -0.132. The number of halogens is 2. The number of ether oxygens (including phenoxy) is 1. The summed E-state index contributed by atoms with van der Waals surface area (Å²) in [5.74, 6) is -0.994. The summed E-state index contributed by atoms with van der Waals surface area (Å²) in [4.78, 5) is 23.7. The van der Waals surface area contributed by atoms with Gasteiger partial charge in [-0.25, -0.2) is 0 Å². The quantitative estimate of drug-likeness (QED) is 0.840. The highest BCUT2D eigenvalue weighted by atomic mass is 35.5. The van der Waals surface area contributed by atoms with Crippen molar-refractivity contribution in [3.63, 3.8) is 0 Å². The summed E-state index contributed by atoms with van der Waals surface area (Å²) in [6, 6.07) is 11.1. The zero-order valence-corrected chi connectivity index (χ0v) is 13.0. The lowest BCUT2D eigenvalue weighted by Crippen LogP contribution is -2.29. The van der Waals surface area contributed by atoms with E-state index >= 15 is 0 Å². The number of benzene rings is 2. The summed E-state index contributed by atoms with van der Waals surface area (Å²) in [7, 11) is 1.54. The van der Waals surface area contributed by atoms with Gasteiger partial charge in [0.05, 0.1) is 17.8 Å². The largest absolute Gasteiger partial charge is 0.497 e. The molecule has 0 aliphatic rings. The van der Waals surface area contributed by atoms with Gasteiger partial charge < -0.3 is 15.4 Å². The Hall–Kier alpha value is -2.24. The average molecular weight is 339 g/mol. The average Bonchev–Trinajstić information content (AvgIpc) is 2.50. The van der Waals surface area contributed by atoms with Crippen LogP contribution >= 0.6 is 23.2 Å². The Kier molecular flexibility index (Phi) is 5.25. The van der Waals surface area contributed by atoms with E-state index in [9.17, 15) is 9.59 Å². The molecule has 0 bridgehead atoms. The highest BCUT2D eigenvalue weighted by Gasteiger charge is 2.15. The van der Waals surface area contributed by atoms with E-state index < -0.39 is 11.8 Å². The van der Waals surface area contributed by atoms with E-state index in [1.807, 2.05) is 0 Å². The van der Waals surface area contributed by atoms with Crippen molar-refractivity contribution < 1.29 is 14.3 Å². The fourth-order valence-electron chi connectivity index (χ4n) is 1.63. The fraction of sp³-hybridized carbons (Fsp3) is 0.0667. The molecular weight excluding hydrogens is 327 g/mol. The highest BCUT2D eigenvalue weighted by Crippen LogP contribution is 2.25. The predicted octanol–water partition coefficient (Wildman–Crippen LogP) is 3.58. The number of methoxy groups -OCH3 is 1. The number of amides is 2. The molecular formula is C15H12Cl2N2O3. The molecule has 2 rings (SSSR count). The summed E-state index contributed by atoms with van der Waals surface area (Å²) >= 11 is 11.7. The summed E-state index contributed by atoms with van der Waals surface area (Å²) in [5, 5.41) is 5.57. The van der Waals surface area contributed by atoms with Crippen LogP contribution in [0.25, 0.3) is 0 Å². The van der Waals surface area contributed by atoms with Gasteiger partial charge in [0.25, 0.3) is 0 Å². The number of hydrogen-bond donors (Lipinski definition) is 2. The number of hydrogen-bond acceptors (Lipinski definition) is 3. The Morgan fingerprint density at radius 3 is 2.18 bits per heavy atom. The standard InChI is InChI=1S/C15H12Cl2N2O3/c1-22-11-5-3-10(4-6-11)18-14(20)15(21)19-13-7-2-9(16)8-12(13)17/h2-8H,1H3,(H,18,20)(H,19,21). The minimum absolute atomic E-state index is 0.248. The molecule has 0 radical (unpaired) electrons. The topological polar surface area (TPSA) is 67.4 Å². The maximum atomic E-state index is 11.8. The van der Waals surface area contributed by atoms with Crippen LogP contribution in [0.2, 0.25) is 10.0 Å². The number of carbonyl (C=O) groups excluding carboxylic acids is 2. The van der Waals surface area contributed by atoms with Gasteiger partial charge >= 0.3 is 11.8 Å². The van der Waals surface area contributed by atoms with Gasteiger partial charge in [-0.1, -0.05) is 23.2 Å². The second-order valence-electron chi connectivity index (χ2n) is 4.26. The van der Waals surface area contributed by atoms with Crippen molar-refractivity contribution in [3.05, 3.63) is 52.5 Å². The van der Waals surface area contributed by atoms with E-state index in [0.29, 0.717) is 22.1 Å². The van der Waals surface area contributed by atoms with Crippen LogP contribution in [0.1, 0.15) is 0 Å². The Labute approximate surface area is 137 Å². The van der Waals surface area contributed by atoms with Crippen LogP contribution in [0.5, 0.6) is 5.75 Å². The molecule has 7 heteroatoms. The second-order valence-corrected chi connectivity index (χ2v) is 5.10. The fourth-order valence-corrected chi connectivity index (χ4v) is 2.09. The van der Waals surface area contributed by atoms with E-state index in [0.717, 1.165) is 0 Å². The molecule has 0 aliphatic carbocycles. The SMILES string of the molecule is COc1ccc(NC(=O)C(=O)Nc2ccc(Cl)cc2Cl)cc1. The minimum Gasteiger partial charge on any atom is -0.497 e. The molecule has 5 nitrogen and oxygen atoms in total. The van der Waals surface area contributed by atoms with Crippen molar-refractivity contribution in [2.75, 3.05) is 17.7 Å². The van der Waals surface area contributed by atoms with Crippen LogP contribution in [-0.2, 0) is 9.59 Å². The van der Waals surface area contributed by atoms with Crippen LogP contribution in [0.15, 0.2) is 42.5 Å². The number of anilines is 2. The first-order chi connectivity index (χ1) is 10.5. The second kappa shape index (κ2) is 7.15. The maximum absolute atomic E-state index is 11.8. The van der Waals surface area contributed by atoms with Crippen molar-refractivity contribution in [2.45, 2.75) is 0 Å². The lowest BCUT2D eigenvalue weighted by Gasteiger charge is -2.08. The van der Waals surface area contributed by atoms with Gasteiger partial charge in [-0.15, -0.1) is 0 Å². The Bertz CT molecular complexity index is 702. The molecule has 0 aliphatic heterocycles. The number of nitrogens with one attached hydrogen (secondary N) is 2. The molecule has 0 fully saturated rings. The van der Waals surface area contributed by atoms with Crippen LogP contribution in [-0.4, -0.2) is 18.9 Å². The van der Waals surface area contributed by atoms with Crippen molar-refractivity contribution in [2.24, 2.45) is 0 Å². The third-order valence-corrected chi connectivity index (χ3v) is 3.28. The zero-order valence-electron chi connectivity index (χ0n) is 11.5. The molecule has 0 atom stereocenters. The van der Waals surface area contributed by atoms with Crippen LogP contribution in [0, 0.1) is 0 Å². The predicted molar refractivity (Wildman–Crippen MR) is 86.7 cm³/mol. The molecule has 0 saturated heterocycles. The molecule has 0 aromatic heterocycles. The Morgan fingerprint density at radius 1 is 0.955 bits per heavy atom. The van der Waals surface area contributed by atoms with E-state index in [1.54, 1.807) is 30.3 Å². The zero-order chi connectivity index (χ0) is 16.1. The van der Waals surface area contributed by atoms with Crippen LogP contribution in [0.4, 0.5) is 11.4 Å². The van der Waals surface area contributed by atoms with Gasteiger partial charge in [0, 0.05) is 10.7 Å². The molecule has 2 aromatic rings. The summed E-state index contributed by atoms with van der Waals surface area (Å²) in [5.41, 5.74) is 0.782. The van der Waals surface area contributed by atoms with Crippen molar-refractivity contribution >= 4 is 46.4 Å². The molecule has 2 N–H and O–H groups in total. The van der Waals surface area contributed by atoms with E-state index in [2.05, 4.69) is 10.6 Å². The Morgan fingerprint density at radius 2 is 1.59 bits per heavy atom. The molecule has 114 valence electrons. The van der Waals surface area contributed by atoms with Gasteiger partial charge in [-0.3, -0.25) is 9.59 Å². The summed E-state index contributed by atoms with van der Waals surface area (Å²) in [6.45, 7) is 0. The van der Waals surface area contributed by atoms with Gasteiger partial charge in [-0.05, 0) is 42.5 Å². The molecule has 0 unspecified atom stereocenters. The maximum Gasteiger partial charge on any atom is 0.314 e. The normalized spacial score (nSPS) is 9.95. The molecule has 2 amide bonds. The molecule has 0 heterocycles. The van der Waals surface area contributed by atoms with Crippen LogP contribution < -0.4 is 15.4 Å². The summed E-state index contributed by atoms with van der Waals surface area (Å²) < 4.78 is 5.01. The number of carbonyl (C=O) groups is 2. The van der Waals surface area contributed by atoms with E-state index in [4.69, 9.17) is 27.9 Å². The lowest BCUT2D eigenvalue weighted by atomic mass is 10.3. The van der Waals surface area contributed by atoms with Gasteiger partial charge in [0.15, 0.2) is 0 Å². The Balaban J connectivity index is 2.01. The minimum atomic E-state index is -0.833. The van der Waals surface area contributed by atoms with Crippen LogP contribution in [0.3, 0.4) is 0 Å². The molecule has 2 aromatic carbocycles. The smallest absolute Gasteiger partial charge is 0.314 e. The van der Waals surface area contributed by atoms with Gasteiger partial charge in [0.1, 0.15) is 5.75 Å². The summed E-state index contributed by atoms with van der Waals surface area (Å²) in [6.07, 6.45) is 0. The molecule has 0 spiro atoms. The van der Waals surface area contributed by atoms with Gasteiger partial charge in [-0.2, -0.15) is 0 Å². The first kappa shape index (κ1) is 16.1. The number of rotatable bonds is 3. The van der Waals surface area contributed by atoms with Crippen molar-refractivity contribution in [1.82, 2.24) is 0 Å². The van der Waals surface area contributed by atoms with E-state index in [1.165, 1.54) is 19.2 Å². The first-order valence-corrected chi connectivity index (χ1v) is 6.96.